The molecule has 20 heavy (non-hydrogen) atoms. The number of carbonyl (C=O) groups excluding carboxylic acids is 1. The first kappa shape index (κ1) is 17.0. The number of hydrogen-bond donors (Lipinski definition) is 2. The van der Waals surface area contributed by atoms with Gasteiger partial charge in [-0.3, -0.25) is 4.79 Å². The van der Waals surface area contributed by atoms with Crippen LogP contribution in [-0.2, 0) is 16.1 Å². The molecule has 0 amide bonds. The van der Waals surface area contributed by atoms with Crippen LogP contribution in [0.3, 0.4) is 0 Å². The van der Waals surface area contributed by atoms with Gasteiger partial charge in [0.05, 0.1) is 6.54 Å². The van der Waals surface area contributed by atoms with Gasteiger partial charge < -0.3 is 15.8 Å². The van der Waals surface area contributed by atoms with Crippen LogP contribution in [0.2, 0.25) is 0 Å². The molecule has 0 heterocycles. The van der Waals surface area contributed by atoms with Gasteiger partial charge in [0.2, 0.25) is 0 Å². The molecule has 5 heteroatoms. The number of ether oxygens (including phenoxy) is 1. The predicted octanol–water partition coefficient (Wildman–Crippen LogP) is 2.17. The lowest BCUT2D eigenvalue weighted by molar-refractivity contribution is -0.153. The minimum Gasteiger partial charge on any atom is -0.459 e. The number of rotatable bonds is 7. The number of nitrogens with two attached hydrogens (primary N) is 1. The van der Waals surface area contributed by atoms with Crippen molar-refractivity contribution in [2.24, 2.45) is 5.73 Å². The van der Waals surface area contributed by atoms with E-state index in [-0.39, 0.29) is 12.5 Å². The molecule has 1 aromatic carbocycles. The van der Waals surface area contributed by atoms with Gasteiger partial charge in [-0.05, 0) is 38.5 Å². The first-order chi connectivity index (χ1) is 9.40. The Balaban J connectivity index is 2.14. The summed E-state index contributed by atoms with van der Waals surface area (Å²) >= 11 is 1.75. The minimum absolute atomic E-state index is 0.213. The molecule has 4 nitrogen and oxygen atoms in total. The van der Waals surface area contributed by atoms with Crippen LogP contribution >= 0.6 is 11.8 Å². The standard InChI is InChI=1S/C15H24N2O2S/c1-15(2,3)19-14(18)11-17-8-9-20-13-6-4-12(10-16)5-7-13/h4-7,17H,8-11,16H2,1-3H3. The summed E-state index contributed by atoms with van der Waals surface area (Å²) in [4.78, 5) is 12.7. The van der Waals surface area contributed by atoms with Crippen molar-refractivity contribution in [3.8, 4) is 0 Å². The molecule has 0 unspecified atom stereocenters. The fourth-order valence-electron chi connectivity index (χ4n) is 1.53. The zero-order valence-electron chi connectivity index (χ0n) is 12.4. The minimum atomic E-state index is -0.418. The van der Waals surface area contributed by atoms with Gasteiger partial charge in [-0.15, -0.1) is 11.8 Å². The third-order valence-electron chi connectivity index (χ3n) is 2.40. The van der Waals surface area contributed by atoms with Crippen molar-refractivity contribution in [3.05, 3.63) is 29.8 Å². The maximum absolute atomic E-state index is 11.5. The molecule has 0 fully saturated rings. The second-order valence-corrected chi connectivity index (χ2v) is 6.63. The topological polar surface area (TPSA) is 64.3 Å². The van der Waals surface area contributed by atoms with Crippen molar-refractivity contribution < 1.29 is 9.53 Å². The van der Waals surface area contributed by atoms with Gasteiger partial charge in [-0.2, -0.15) is 0 Å². The molecule has 0 aliphatic rings. The highest BCUT2D eigenvalue weighted by Gasteiger charge is 2.15. The summed E-state index contributed by atoms with van der Waals surface area (Å²) in [6.07, 6.45) is 0. The van der Waals surface area contributed by atoms with E-state index < -0.39 is 5.60 Å². The third-order valence-corrected chi connectivity index (χ3v) is 3.41. The molecule has 0 saturated heterocycles. The van der Waals surface area contributed by atoms with Crippen LogP contribution in [0.1, 0.15) is 26.3 Å². The second kappa shape index (κ2) is 8.29. The van der Waals surface area contributed by atoms with Crippen molar-refractivity contribution in [1.82, 2.24) is 5.32 Å². The van der Waals surface area contributed by atoms with Crippen LogP contribution in [0.25, 0.3) is 0 Å². The number of hydrogen-bond acceptors (Lipinski definition) is 5. The Morgan fingerprint density at radius 3 is 2.50 bits per heavy atom. The highest BCUT2D eigenvalue weighted by atomic mass is 32.2. The highest BCUT2D eigenvalue weighted by molar-refractivity contribution is 7.99. The fourth-order valence-corrected chi connectivity index (χ4v) is 2.34. The average molecular weight is 296 g/mol. The number of esters is 1. The molecule has 1 aromatic rings. The predicted molar refractivity (Wildman–Crippen MR) is 83.8 cm³/mol. The quantitative estimate of drug-likeness (QED) is 0.459. The summed E-state index contributed by atoms with van der Waals surface area (Å²) in [7, 11) is 0. The normalized spacial score (nSPS) is 11.4. The smallest absolute Gasteiger partial charge is 0.320 e. The number of thioether (sulfide) groups is 1. The van der Waals surface area contributed by atoms with Crippen molar-refractivity contribution in [2.45, 2.75) is 37.8 Å². The van der Waals surface area contributed by atoms with E-state index in [4.69, 9.17) is 10.5 Å². The van der Waals surface area contributed by atoms with Crippen LogP contribution in [0, 0.1) is 0 Å². The lowest BCUT2D eigenvalue weighted by atomic mass is 10.2. The number of benzene rings is 1. The molecule has 0 radical (unpaired) electrons. The van der Waals surface area contributed by atoms with Gasteiger partial charge in [0.1, 0.15) is 5.60 Å². The maximum atomic E-state index is 11.5. The first-order valence-corrected chi connectivity index (χ1v) is 7.73. The third kappa shape index (κ3) is 7.53. The van der Waals surface area contributed by atoms with Crippen molar-refractivity contribution in [1.29, 1.82) is 0 Å². The average Bonchev–Trinajstić information content (AvgIpc) is 2.37. The van der Waals surface area contributed by atoms with E-state index in [2.05, 4.69) is 17.4 Å². The Hall–Kier alpha value is -1.04. The number of nitrogens with one attached hydrogen (secondary N) is 1. The van der Waals surface area contributed by atoms with Gasteiger partial charge in [0, 0.05) is 23.7 Å². The summed E-state index contributed by atoms with van der Waals surface area (Å²) in [5.74, 6) is 0.694. The molecule has 1 rings (SSSR count). The van der Waals surface area contributed by atoms with E-state index in [1.54, 1.807) is 11.8 Å². The largest absolute Gasteiger partial charge is 0.459 e. The summed E-state index contributed by atoms with van der Waals surface area (Å²) in [5, 5.41) is 3.09. The summed E-state index contributed by atoms with van der Waals surface area (Å²) in [6, 6.07) is 8.22. The Labute approximate surface area is 125 Å². The molecule has 0 aliphatic heterocycles. The van der Waals surface area contributed by atoms with Crippen LogP contribution in [0.15, 0.2) is 29.2 Å². The van der Waals surface area contributed by atoms with Crippen molar-refractivity contribution in [3.63, 3.8) is 0 Å². The van der Waals surface area contributed by atoms with E-state index in [9.17, 15) is 4.79 Å². The second-order valence-electron chi connectivity index (χ2n) is 5.46. The molecule has 3 N–H and O–H groups in total. The molecule has 0 aromatic heterocycles. The van der Waals surface area contributed by atoms with E-state index in [1.165, 1.54) is 4.90 Å². The van der Waals surface area contributed by atoms with Gasteiger partial charge in [-0.1, -0.05) is 12.1 Å². The van der Waals surface area contributed by atoms with Gasteiger partial charge in [0.25, 0.3) is 0 Å². The zero-order valence-corrected chi connectivity index (χ0v) is 13.3. The Kier molecular flexibility index (Phi) is 7.05. The van der Waals surface area contributed by atoms with Crippen molar-refractivity contribution >= 4 is 17.7 Å². The molecule has 0 aliphatic carbocycles. The highest BCUT2D eigenvalue weighted by Crippen LogP contribution is 2.17. The van der Waals surface area contributed by atoms with Crippen LogP contribution in [0.4, 0.5) is 0 Å². The summed E-state index contributed by atoms with van der Waals surface area (Å²) < 4.78 is 5.21. The zero-order chi connectivity index (χ0) is 15.0. The van der Waals surface area contributed by atoms with Gasteiger partial charge in [0.15, 0.2) is 0 Å². The van der Waals surface area contributed by atoms with Crippen molar-refractivity contribution in [2.75, 3.05) is 18.8 Å². The monoisotopic (exact) mass is 296 g/mol. The molecule has 0 spiro atoms. The lowest BCUT2D eigenvalue weighted by Crippen LogP contribution is -2.32. The molecular formula is C15H24N2O2S. The summed E-state index contributed by atoms with van der Waals surface area (Å²) in [5.41, 5.74) is 6.27. The molecule has 0 bridgehead atoms. The van der Waals surface area contributed by atoms with E-state index in [1.807, 2.05) is 32.9 Å². The van der Waals surface area contributed by atoms with Gasteiger partial charge in [-0.25, -0.2) is 0 Å². The molecule has 112 valence electrons. The van der Waals surface area contributed by atoms with Crippen LogP contribution < -0.4 is 11.1 Å². The molecular weight excluding hydrogens is 272 g/mol. The van der Waals surface area contributed by atoms with E-state index in [0.717, 1.165) is 17.9 Å². The number of carbonyl (C=O) groups is 1. The van der Waals surface area contributed by atoms with E-state index in [0.29, 0.717) is 6.54 Å². The Morgan fingerprint density at radius 1 is 1.30 bits per heavy atom. The Morgan fingerprint density at radius 2 is 1.95 bits per heavy atom. The molecule has 0 saturated carbocycles. The van der Waals surface area contributed by atoms with Crippen LogP contribution in [0.5, 0.6) is 0 Å². The SMILES string of the molecule is CC(C)(C)OC(=O)CNCCSc1ccc(CN)cc1. The first-order valence-electron chi connectivity index (χ1n) is 6.75. The lowest BCUT2D eigenvalue weighted by Gasteiger charge is -2.19. The summed E-state index contributed by atoms with van der Waals surface area (Å²) in [6.45, 7) is 7.19. The van der Waals surface area contributed by atoms with Gasteiger partial charge >= 0.3 is 5.97 Å². The maximum Gasteiger partial charge on any atom is 0.320 e. The van der Waals surface area contributed by atoms with Crippen LogP contribution in [-0.4, -0.2) is 30.4 Å². The fraction of sp³-hybridized carbons (Fsp3) is 0.533. The van der Waals surface area contributed by atoms with E-state index >= 15 is 0 Å². The molecule has 0 atom stereocenters. The Bertz CT molecular complexity index is 413.